The number of halogens is 2. The minimum atomic E-state index is -0.143. The van der Waals surface area contributed by atoms with Crippen molar-refractivity contribution in [3.8, 4) is 0 Å². The van der Waals surface area contributed by atoms with Crippen LogP contribution in [0.3, 0.4) is 0 Å². The minimum absolute atomic E-state index is 0.143. The Kier molecular flexibility index (Phi) is 5.37. The van der Waals surface area contributed by atoms with E-state index in [9.17, 15) is 4.79 Å². The van der Waals surface area contributed by atoms with Gasteiger partial charge in [-0.05, 0) is 44.9 Å². The van der Waals surface area contributed by atoms with Gasteiger partial charge in [0.25, 0.3) is 0 Å². The number of carbonyl (C=O) groups is 1. The zero-order chi connectivity index (χ0) is 17.3. The van der Waals surface area contributed by atoms with Gasteiger partial charge < -0.3 is 9.88 Å². The molecule has 1 fully saturated rings. The third-order valence-corrected chi connectivity index (χ3v) is 5.18. The van der Waals surface area contributed by atoms with Crippen molar-refractivity contribution in [1.29, 1.82) is 0 Å². The van der Waals surface area contributed by atoms with Crippen LogP contribution in [0.15, 0.2) is 23.4 Å². The lowest BCUT2D eigenvalue weighted by molar-refractivity contribution is -0.113. The summed E-state index contributed by atoms with van der Waals surface area (Å²) >= 11 is 13.3. The molecule has 0 spiro atoms. The Morgan fingerprint density at radius 2 is 2.12 bits per heavy atom. The van der Waals surface area contributed by atoms with Gasteiger partial charge in [0.2, 0.25) is 5.91 Å². The third kappa shape index (κ3) is 4.05. The van der Waals surface area contributed by atoms with Crippen molar-refractivity contribution in [3.63, 3.8) is 0 Å². The molecule has 1 aliphatic carbocycles. The molecule has 1 N–H and O–H groups in total. The highest BCUT2D eigenvalue weighted by molar-refractivity contribution is 7.99. The summed E-state index contributed by atoms with van der Waals surface area (Å²) in [5.74, 6) is 1.66. The van der Waals surface area contributed by atoms with Gasteiger partial charge in [-0.15, -0.1) is 10.2 Å². The molecular weight excluding hydrogens is 367 g/mol. The molecule has 2 aromatic rings. The number of nitrogens with one attached hydrogen (secondary N) is 1. The van der Waals surface area contributed by atoms with E-state index < -0.39 is 0 Å². The SMILES string of the molecule is CC(C)n1c(SCC(=O)Nc2ccc(Cl)cc2Cl)nnc1C1CC1. The largest absolute Gasteiger partial charge is 0.324 e. The van der Waals surface area contributed by atoms with E-state index in [1.54, 1.807) is 18.2 Å². The van der Waals surface area contributed by atoms with Crippen LogP contribution in [0.4, 0.5) is 5.69 Å². The van der Waals surface area contributed by atoms with Gasteiger partial charge in [0.15, 0.2) is 5.16 Å². The molecule has 8 heteroatoms. The van der Waals surface area contributed by atoms with Crippen molar-refractivity contribution in [2.24, 2.45) is 0 Å². The number of nitrogens with zero attached hydrogens (tertiary/aromatic N) is 3. The summed E-state index contributed by atoms with van der Waals surface area (Å²) in [5.41, 5.74) is 0.552. The normalized spacial score (nSPS) is 14.2. The predicted molar refractivity (Wildman–Crippen MR) is 98.2 cm³/mol. The van der Waals surface area contributed by atoms with Crippen molar-refractivity contribution < 1.29 is 4.79 Å². The molecule has 24 heavy (non-hydrogen) atoms. The second-order valence-corrected chi connectivity index (χ2v) is 7.83. The molecule has 0 saturated heterocycles. The number of amides is 1. The van der Waals surface area contributed by atoms with Crippen LogP contribution in [-0.4, -0.2) is 26.4 Å². The van der Waals surface area contributed by atoms with Crippen LogP contribution in [0.5, 0.6) is 0 Å². The highest BCUT2D eigenvalue weighted by Crippen LogP contribution is 2.41. The molecule has 1 amide bonds. The molecule has 0 bridgehead atoms. The first-order valence-electron chi connectivity index (χ1n) is 7.78. The van der Waals surface area contributed by atoms with Crippen LogP contribution in [0.25, 0.3) is 0 Å². The van der Waals surface area contributed by atoms with Gasteiger partial charge in [-0.2, -0.15) is 0 Å². The van der Waals surface area contributed by atoms with Crippen LogP contribution >= 0.6 is 35.0 Å². The van der Waals surface area contributed by atoms with Crippen LogP contribution < -0.4 is 5.32 Å². The van der Waals surface area contributed by atoms with E-state index in [0.717, 1.165) is 11.0 Å². The van der Waals surface area contributed by atoms with E-state index >= 15 is 0 Å². The monoisotopic (exact) mass is 384 g/mol. The number of anilines is 1. The molecule has 1 aromatic carbocycles. The lowest BCUT2D eigenvalue weighted by Crippen LogP contribution is -2.15. The molecule has 0 atom stereocenters. The molecule has 1 saturated carbocycles. The summed E-state index contributed by atoms with van der Waals surface area (Å²) in [7, 11) is 0. The van der Waals surface area contributed by atoms with Crippen LogP contribution in [0.1, 0.15) is 44.5 Å². The summed E-state index contributed by atoms with van der Waals surface area (Å²) in [4.78, 5) is 12.2. The maximum Gasteiger partial charge on any atom is 0.234 e. The predicted octanol–water partition coefficient (Wildman–Crippen LogP) is 4.77. The first-order chi connectivity index (χ1) is 11.5. The highest BCUT2D eigenvalue weighted by Gasteiger charge is 2.31. The number of thioether (sulfide) groups is 1. The lowest BCUT2D eigenvalue weighted by atomic mass is 10.3. The van der Waals surface area contributed by atoms with Gasteiger partial charge in [-0.3, -0.25) is 4.79 Å². The van der Waals surface area contributed by atoms with Gasteiger partial charge in [0.05, 0.1) is 16.5 Å². The fourth-order valence-corrected chi connectivity index (χ4v) is 3.73. The Hall–Kier alpha value is -1.24. The van der Waals surface area contributed by atoms with E-state index in [-0.39, 0.29) is 17.7 Å². The first-order valence-corrected chi connectivity index (χ1v) is 9.52. The molecular formula is C16H18Cl2N4OS. The molecule has 0 aliphatic heterocycles. The topological polar surface area (TPSA) is 59.8 Å². The first kappa shape index (κ1) is 17.6. The van der Waals surface area contributed by atoms with Gasteiger partial charge >= 0.3 is 0 Å². The minimum Gasteiger partial charge on any atom is -0.324 e. The Morgan fingerprint density at radius 3 is 2.75 bits per heavy atom. The van der Waals surface area contributed by atoms with E-state index in [1.807, 2.05) is 0 Å². The summed E-state index contributed by atoms with van der Waals surface area (Å²) in [6, 6.07) is 5.25. The molecule has 1 heterocycles. The summed E-state index contributed by atoms with van der Waals surface area (Å²) < 4.78 is 2.13. The Bertz CT molecular complexity index is 759. The second kappa shape index (κ2) is 7.33. The van der Waals surface area contributed by atoms with Crippen molar-refractivity contribution in [2.75, 3.05) is 11.1 Å². The average molecular weight is 385 g/mol. The smallest absolute Gasteiger partial charge is 0.234 e. The van der Waals surface area contributed by atoms with Crippen LogP contribution in [0, 0.1) is 0 Å². The number of hydrogen-bond acceptors (Lipinski definition) is 4. The number of hydrogen-bond donors (Lipinski definition) is 1. The lowest BCUT2D eigenvalue weighted by Gasteiger charge is -2.13. The number of rotatable bonds is 6. The number of benzene rings is 1. The maximum atomic E-state index is 12.2. The molecule has 1 aliphatic rings. The molecule has 0 unspecified atom stereocenters. The van der Waals surface area contributed by atoms with Crippen molar-refractivity contribution in [1.82, 2.24) is 14.8 Å². The zero-order valence-electron chi connectivity index (χ0n) is 13.4. The van der Waals surface area contributed by atoms with Gasteiger partial charge in [0.1, 0.15) is 5.82 Å². The number of carbonyl (C=O) groups excluding carboxylic acids is 1. The van der Waals surface area contributed by atoms with E-state index in [4.69, 9.17) is 23.2 Å². The molecule has 3 rings (SSSR count). The fraction of sp³-hybridized carbons (Fsp3) is 0.438. The van der Waals surface area contributed by atoms with Crippen LogP contribution in [-0.2, 0) is 4.79 Å². The Balaban J connectivity index is 1.64. The standard InChI is InChI=1S/C16H18Cl2N4OS/c1-9(2)22-15(10-3-4-10)20-21-16(22)24-8-14(23)19-13-6-5-11(17)7-12(13)18/h5-7,9-10H,3-4,8H2,1-2H3,(H,19,23). The van der Waals surface area contributed by atoms with E-state index in [0.29, 0.717) is 21.7 Å². The summed E-state index contributed by atoms with van der Waals surface area (Å²) in [6.07, 6.45) is 2.34. The molecule has 1 aromatic heterocycles. The van der Waals surface area contributed by atoms with Gasteiger partial charge in [-0.25, -0.2) is 0 Å². The summed E-state index contributed by atoms with van der Waals surface area (Å²) in [6.45, 7) is 4.21. The third-order valence-electron chi connectivity index (χ3n) is 3.69. The van der Waals surface area contributed by atoms with Crippen molar-refractivity contribution in [3.05, 3.63) is 34.1 Å². The van der Waals surface area contributed by atoms with Crippen molar-refractivity contribution >= 4 is 46.6 Å². The van der Waals surface area contributed by atoms with Gasteiger partial charge in [-0.1, -0.05) is 35.0 Å². The van der Waals surface area contributed by atoms with Crippen LogP contribution in [0.2, 0.25) is 10.0 Å². The van der Waals surface area contributed by atoms with Crippen molar-refractivity contribution in [2.45, 2.75) is 43.8 Å². The molecule has 0 radical (unpaired) electrons. The quantitative estimate of drug-likeness (QED) is 0.728. The fourth-order valence-electron chi connectivity index (χ4n) is 2.40. The Labute approximate surface area is 155 Å². The average Bonchev–Trinajstić information content (AvgIpc) is 3.27. The van der Waals surface area contributed by atoms with E-state index in [2.05, 4.69) is 33.9 Å². The maximum absolute atomic E-state index is 12.2. The second-order valence-electron chi connectivity index (χ2n) is 6.04. The summed E-state index contributed by atoms with van der Waals surface area (Å²) in [5, 5.41) is 13.1. The number of aromatic nitrogens is 3. The highest BCUT2D eigenvalue weighted by atomic mass is 35.5. The Morgan fingerprint density at radius 1 is 1.38 bits per heavy atom. The molecule has 5 nitrogen and oxygen atoms in total. The van der Waals surface area contributed by atoms with E-state index in [1.165, 1.54) is 24.6 Å². The van der Waals surface area contributed by atoms with Gasteiger partial charge in [0, 0.05) is 17.0 Å². The zero-order valence-corrected chi connectivity index (χ0v) is 15.8. The molecule has 128 valence electrons.